The number of ketones is 1. The number of alkyl carbamates (subject to hydrolysis) is 1. The number of cyclic esters (lactones) is 1. The first-order chi connectivity index (χ1) is 24.0. The number of carbonyl (C=O) groups is 5. The van der Waals surface area contributed by atoms with Crippen molar-refractivity contribution in [3.63, 3.8) is 0 Å². The molecule has 51 heavy (non-hydrogen) atoms. The molecule has 5 aliphatic rings. The molecule has 3 heterocycles. The molecule has 4 amide bonds. The smallest absolute Gasteiger partial charge is 0.410 e. The lowest BCUT2D eigenvalue weighted by Gasteiger charge is -2.31. The first-order valence-corrected chi connectivity index (χ1v) is 19.6. The van der Waals surface area contributed by atoms with Gasteiger partial charge in [-0.05, 0) is 72.5 Å². The van der Waals surface area contributed by atoms with Gasteiger partial charge in [-0.1, -0.05) is 52.0 Å². The van der Waals surface area contributed by atoms with E-state index in [2.05, 4.69) is 22.7 Å². The Labute approximate surface area is 299 Å². The summed E-state index contributed by atoms with van der Waals surface area (Å²) in [6, 6.07) is 3.92. The van der Waals surface area contributed by atoms with Gasteiger partial charge in [0.15, 0.2) is 5.78 Å². The van der Waals surface area contributed by atoms with Gasteiger partial charge in [-0.2, -0.15) is 0 Å². The molecule has 3 fully saturated rings. The summed E-state index contributed by atoms with van der Waals surface area (Å²) in [6.45, 7) is 12.2. The van der Waals surface area contributed by atoms with E-state index in [-0.39, 0.29) is 43.7 Å². The maximum atomic E-state index is 14.3. The highest BCUT2D eigenvalue weighted by Gasteiger charge is 2.61. The lowest BCUT2D eigenvalue weighted by molar-refractivity contribution is -0.141. The van der Waals surface area contributed by atoms with Gasteiger partial charge in [0, 0.05) is 25.9 Å². The van der Waals surface area contributed by atoms with Crippen LogP contribution in [0.4, 0.5) is 9.59 Å². The van der Waals surface area contributed by atoms with Crippen LogP contribution in [0.15, 0.2) is 30.9 Å². The number of Topliss-reactive ketones (excluding diaryl/α,β-unsaturated/α-hetero) is 1. The summed E-state index contributed by atoms with van der Waals surface area (Å²) in [5, 5.41) is 2.09. The van der Waals surface area contributed by atoms with Crippen molar-refractivity contribution < 1.29 is 41.9 Å². The molecular formula is C37H50N4O9S. The molecule has 6 rings (SSSR count). The zero-order valence-corrected chi connectivity index (χ0v) is 30.8. The number of nitrogens with one attached hydrogen (secondary N) is 2. The van der Waals surface area contributed by atoms with Crippen LogP contribution in [0.25, 0.3) is 0 Å². The zero-order chi connectivity index (χ0) is 36.9. The summed E-state index contributed by atoms with van der Waals surface area (Å²) < 4.78 is 39.1. The number of aryl methyl sites for hydroxylation is 1. The van der Waals surface area contributed by atoms with Gasteiger partial charge in [-0.3, -0.25) is 24.0 Å². The van der Waals surface area contributed by atoms with Gasteiger partial charge in [0.05, 0.1) is 29.9 Å². The molecule has 1 saturated heterocycles. The molecule has 13 nitrogen and oxygen atoms in total. The third kappa shape index (κ3) is 7.80. The molecule has 5 atom stereocenters. The van der Waals surface area contributed by atoms with Crippen molar-refractivity contribution in [2.75, 3.05) is 13.2 Å². The van der Waals surface area contributed by atoms with Crippen molar-refractivity contribution in [1.29, 1.82) is 0 Å². The predicted octanol–water partition coefficient (Wildman–Crippen LogP) is 3.98. The SMILES string of the molecule is C=C[C@@H]1C[C@]1(CC(=O)[C@@H]1C[C@@H]2CN1C(=O)[C@H](C(C)C)NC(=O)OCC(C)(C)CCCc1cccc3c1CN(C3)C(=O)O2)C(=O)NS(=O)(=O)C1CC1. The van der Waals surface area contributed by atoms with Crippen molar-refractivity contribution in [2.24, 2.45) is 22.7 Å². The number of ether oxygens (including phenoxy) is 2. The van der Waals surface area contributed by atoms with Crippen LogP contribution in [0, 0.1) is 22.7 Å². The number of hydrogen-bond acceptors (Lipinski definition) is 9. The summed E-state index contributed by atoms with van der Waals surface area (Å²) >= 11 is 0. The minimum absolute atomic E-state index is 0.0113. The Morgan fingerprint density at radius 2 is 1.86 bits per heavy atom. The van der Waals surface area contributed by atoms with Gasteiger partial charge in [0.1, 0.15) is 12.1 Å². The Morgan fingerprint density at radius 3 is 2.53 bits per heavy atom. The minimum Gasteiger partial charge on any atom is -0.449 e. The van der Waals surface area contributed by atoms with E-state index in [4.69, 9.17) is 9.47 Å². The van der Waals surface area contributed by atoms with Crippen LogP contribution < -0.4 is 10.0 Å². The van der Waals surface area contributed by atoms with Gasteiger partial charge in [0.25, 0.3) is 0 Å². The third-order valence-corrected chi connectivity index (χ3v) is 13.0. The van der Waals surface area contributed by atoms with E-state index >= 15 is 0 Å². The van der Waals surface area contributed by atoms with Gasteiger partial charge < -0.3 is 19.7 Å². The molecule has 14 heteroatoms. The third-order valence-electron chi connectivity index (χ3n) is 11.2. The Hall–Kier alpha value is -3.94. The van der Waals surface area contributed by atoms with Crippen LogP contribution in [0.2, 0.25) is 0 Å². The van der Waals surface area contributed by atoms with E-state index in [1.165, 1.54) is 4.90 Å². The second kappa shape index (κ2) is 13.9. The number of nitrogens with zero attached hydrogens (tertiary/aromatic N) is 2. The van der Waals surface area contributed by atoms with E-state index in [1.807, 2.05) is 26.0 Å². The molecule has 1 aromatic carbocycles. The van der Waals surface area contributed by atoms with Crippen LogP contribution in [-0.2, 0) is 53.4 Å². The lowest BCUT2D eigenvalue weighted by atomic mass is 9.86. The minimum atomic E-state index is -3.86. The van der Waals surface area contributed by atoms with Crippen molar-refractivity contribution >= 4 is 39.8 Å². The first-order valence-electron chi connectivity index (χ1n) is 18.0. The number of benzene rings is 1. The maximum absolute atomic E-state index is 14.3. The summed E-state index contributed by atoms with van der Waals surface area (Å²) in [5.41, 5.74) is 1.63. The van der Waals surface area contributed by atoms with E-state index in [0.29, 0.717) is 25.9 Å². The van der Waals surface area contributed by atoms with Gasteiger partial charge in [-0.15, -0.1) is 6.58 Å². The Kier molecular flexibility index (Phi) is 10.0. The van der Waals surface area contributed by atoms with Crippen molar-refractivity contribution in [3.05, 3.63) is 47.5 Å². The molecule has 3 aliphatic heterocycles. The summed E-state index contributed by atoms with van der Waals surface area (Å²) in [7, 11) is -3.86. The maximum Gasteiger partial charge on any atom is 0.410 e. The van der Waals surface area contributed by atoms with E-state index < -0.39 is 74.6 Å². The number of rotatable bonds is 8. The fourth-order valence-electron chi connectivity index (χ4n) is 7.76. The summed E-state index contributed by atoms with van der Waals surface area (Å²) in [5.74, 6) is -2.57. The molecule has 4 bridgehead atoms. The van der Waals surface area contributed by atoms with Crippen LogP contribution in [-0.4, -0.2) is 84.6 Å². The standard InChI is InChI=1S/C37H50N4O9S/c1-6-25-16-37(25,33(44)39-51(47,48)27-12-13-27)17-30(42)29-15-26-19-41(29)32(43)31(22(2)3)38-34(45)49-21-36(4,5)14-8-11-23-9-7-10-24-18-40(20-28(23)24)35(46)50-26/h6-7,9-10,22,25-27,29,31H,1,8,11-21H2,2-5H3,(H,38,45)(H,39,44)/t25-,26-,29+,31+,37-/m1/s1. The molecule has 1 aromatic rings. The average molecular weight is 727 g/mol. The van der Waals surface area contributed by atoms with Gasteiger partial charge >= 0.3 is 12.2 Å². The monoisotopic (exact) mass is 726 g/mol. The highest BCUT2D eigenvalue weighted by molar-refractivity contribution is 7.90. The van der Waals surface area contributed by atoms with Crippen molar-refractivity contribution in [2.45, 2.75) is 116 Å². The number of amides is 4. The average Bonchev–Trinajstić information content (AvgIpc) is 3.96. The molecule has 2 N–H and O–H groups in total. The van der Waals surface area contributed by atoms with Gasteiger partial charge in [0.2, 0.25) is 21.8 Å². The van der Waals surface area contributed by atoms with Crippen LogP contribution in [0.5, 0.6) is 0 Å². The highest BCUT2D eigenvalue weighted by Crippen LogP contribution is 2.57. The number of carbonyl (C=O) groups excluding carboxylic acids is 5. The highest BCUT2D eigenvalue weighted by atomic mass is 32.2. The molecular weight excluding hydrogens is 676 g/mol. The van der Waals surface area contributed by atoms with Crippen LogP contribution >= 0.6 is 0 Å². The fraction of sp³-hybridized carbons (Fsp3) is 0.649. The van der Waals surface area contributed by atoms with E-state index in [9.17, 15) is 32.4 Å². The Morgan fingerprint density at radius 1 is 1.14 bits per heavy atom. The summed E-state index contributed by atoms with van der Waals surface area (Å²) in [4.78, 5) is 71.6. The molecule has 278 valence electrons. The van der Waals surface area contributed by atoms with Crippen molar-refractivity contribution in [3.8, 4) is 0 Å². The Bertz CT molecular complexity index is 1720. The number of hydrogen-bond donors (Lipinski definition) is 2. The normalized spacial score (nSPS) is 29.6. The van der Waals surface area contributed by atoms with E-state index in [1.54, 1.807) is 24.8 Å². The summed E-state index contributed by atoms with van der Waals surface area (Å²) in [6.07, 6.45) is 2.67. The lowest BCUT2D eigenvalue weighted by Crippen LogP contribution is -2.54. The fourth-order valence-corrected chi connectivity index (χ4v) is 9.15. The molecule has 0 radical (unpaired) electrons. The second-order valence-electron chi connectivity index (χ2n) is 16.1. The zero-order valence-electron chi connectivity index (χ0n) is 29.9. The molecule has 0 unspecified atom stereocenters. The largest absolute Gasteiger partial charge is 0.449 e. The second-order valence-corrected chi connectivity index (χ2v) is 18.1. The Balaban J connectivity index is 1.27. The number of sulfonamides is 1. The molecule has 2 saturated carbocycles. The van der Waals surface area contributed by atoms with Crippen molar-refractivity contribution in [1.82, 2.24) is 19.8 Å². The molecule has 2 aliphatic carbocycles. The first kappa shape index (κ1) is 36.8. The molecule has 0 spiro atoms. The predicted molar refractivity (Wildman–Crippen MR) is 186 cm³/mol. The molecule has 0 aromatic heterocycles. The van der Waals surface area contributed by atoms with E-state index in [0.717, 1.165) is 36.0 Å². The number of fused-ring (bicyclic) bond motifs is 3. The number of allylic oxidation sites excluding steroid dienone is 1. The van der Waals surface area contributed by atoms with Crippen LogP contribution in [0.1, 0.15) is 89.3 Å². The van der Waals surface area contributed by atoms with Gasteiger partial charge in [-0.25, -0.2) is 18.0 Å². The quantitative estimate of drug-likeness (QED) is 0.377. The topological polar surface area (TPSA) is 168 Å². The van der Waals surface area contributed by atoms with Crippen LogP contribution in [0.3, 0.4) is 0 Å².